The maximum absolute atomic E-state index is 5.78. The molecule has 3 nitrogen and oxygen atoms in total. The summed E-state index contributed by atoms with van der Waals surface area (Å²) in [6.45, 7) is 4.48. The van der Waals surface area contributed by atoms with Crippen LogP contribution in [0.5, 0.6) is 0 Å². The van der Waals surface area contributed by atoms with E-state index in [1.807, 2.05) is 0 Å². The Morgan fingerprint density at radius 3 is 2.93 bits per heavy atom. The Hall–Kier alpha value is -0.450. The van der Waals surface area contributed by atoms with Crippen LogP contribution in [-0.2, 0) is 17.6 Å². The van der Waals surface area contributed by atoms with Crippen molar-refractivity contribution in [2.75, 3.05) is 19.8 Å². The Bertz CT molecular complexity index is 315. The lowest BCUT2D eigenvalue weighted by Gasteiger charge is -2.39. The van der Waals surface area contributed by atoms with E-state index in [-0.39, 0.29) is 5.41 Å². The number of nitrogens with zero attached hydrogens (tertiary/aromatic N) is 1. The van der Waals surface area contributed by atoms with E-state index >= 15 is 0 Å². The van der Waals surface area contributed by atoms with E-state index in [0.717, 1.165) is 32.5 Å². The third kappa shape index (κ3) is 2.38. The van der Waals surface area contributed by atoms with Crippen LogP contribution in [0.2, 0.25) is 0 Å². The highest BCUT2D eigenvalue weighted by atomic mass is 32.1. The van der Waals surface area contributed by atoms with Crippen molar-refractivity contribution in [3.8, 4) is 0 Å². The van der Waals surface area contributed by atoms with Crippen molar-refractivity contribution >= 4 is 11.3 Å². The zero-order valence-electron chi connectivity index (χ0n) is 9.16. The third-order valence-corrected chi connectivity index (χ3v) is 3.78. The maximum Gasteiger partial charge on any atom is 0.0936 e. The van der Waals surface area contributed by atoms with Crippen molar-refractivity contribution in [2.45, 2.75) is 26.2 Å². The molecule has 2 heterocycles. The van der Waals surface area contributed by atoms with Crippen LogP contribution in [0, 0.1) is 5.41 Å². The highest BCUT2D eigenvalue weighted by Gasteiger charge is 2.38. The number of rotatable bonds is 5. The van der Waals surface area contributed by atoms with Crippen LogP contribution in [-0.4, -0.2) is 24.7 Å². The van der Waals surface area contributed by atoms with Gasteiger partial charge in [-0.05, 0) is 6.42 Å². The smallest absolute Gasteiger partial charge is 0.0936 e. The number of thiazole rings is 1. The maximum atomic E-state index is 5.78. The van der Waals surface area contributed by atoms with Gasteiger partial charge in [-0.3, -0.25) is 0 Å². The van der Waals surface area contributed by atoms with E-state index in [4.69, 9.17) is 10.5 Å². The second-order valence-electron chi connectivity index (χ2n) is 4.36. The van der Waals surface area contributed by atoms with Crippen LogP contribution in [0.4, 0.5) is 0 Å². The number of hydrogen-bond acceptors (Lipinski definition) is 4. The second kappa shape index (κ2) is 4.60. The summed E-state index contributed by atoms with van der Waals surface area (Å²) in [5, 5.41) is 3.38. The highest BCUT2D eigenvalue weighted by Crippen LogP contribution is 2.31. The largest absolute Gasteiger partial charge is 0.380 e. The monoisotopic (exact) mass is 226 g/mol. The van der Waals surface area contributed by atoms with E-state index in [1.165, 1.54) is 10.7 Å². The average molecular weight is 226 g/mol. The van der Waals surface area contributed by atoms with E-state index in [1.54, 1.807) is 11.3 Å². The third-order valence-electron chi connectivity index (χ3n) is 2.88. The van der Waals surface area contributed by atoms with Gasteiger partial charge in [-0.1, -0.05) is 13.3 Å². The van der Waals surface area contributed by atoms with Gasteiger partial charge in [-0.15, -0.1) is 11.3 Å². The summed E-state index contributed by atoms with van der Waals surface area (Å²) in [6.07, 6.45) is 3.23. The fourth-order valence-electron chi connectivity index (χ4n) is 1.80. The molecule has 1 fully saturated rings. The molecule has 1 aliphatic heterocycles. The Morgan fingerprint density at radius 2 is 2.40 bits per heavy atom. The molecule has 0 spiro atoms. The first-order valence-corrected chi connectivity index (χ1v) is 6.37. The van der Waals surface area contributed by atoms with Crippen molar-refractivity contribution in [1.29, 1.82) is 0 Å². The van der Waals surface area contributed by atoms with Gasteiger partial charge in [0.15, 0.2) is 0 Å². The van der Waals surface area contributed by atoms with Crippen LogP contribution in [0.1, 0.15) is 24.0 Å². The number of aryl methyl sites for hydroxylation is 1. The lowest BCUT2D eigenvalue weighted by Crippen LogP contribution is -2.49. The van der Waals surface area contributed by atoms with Crippen molar-refractivity contribution < 1.29 is 4.74 Å². The van der Waals surface area contributed by atoms with Crippen molar-refractivity contribution in [1.82, 2.24) is 4.98 Å². The number of hydrogen-bond donors (Lipinski definition) is 1. The first-order valence-electron chi connectivity index (χ1n) is 5.49. The van der Waals surface area contributed by atoms with Crippen molar-refractivity contribution in [3.63, 3.8) is 0 Å². The van der Waals surface area contributed by atoms with Gasteiger partial charge in [0.25, 0.3) is 0 Å². The molecule has 1 aliphatic rings. The second-order valence-corrected chi connectivity index (χ2v) is 5.30. The molecule has 0 atom stereocenters. The van der Waals surface area contributed by atoms with Gasteiger partial charge in [0.1, 0.15) is 0 Å². The predicted molar refractivity (Wildman–Crippen MR) is 62.1 cm³/mol. The fraction of sp³-hybridized carbons (Fsp3) is 0.727. The zero-order valence-corrected chi connectivity index (χ0v) is 9.98. The predicted octanol–water partition coefficient (Wildman–Crippen LogP) is 1.61. The standard InChI is InChI=1S/C11H18N2OS/c1-2-3-9-5-15-10(13-9)4-11(6-12)7-14-8-11/h5H,2-4,6-8,12H2,1H3. The summed E-state index contributed by atoms with van der Waals surface area (Å²) >= 11 is 1.76. The minimum atomic E-state index is 0.182. The quantitative estimate of drug-likeness (QED) is 0.830. The Labute approximate surface area is 94.7 Å². The number of aromatic nitrogens is 1. The molecule has 2 N–H and O–H groups in total. The Balaban J connectivity index is 1.97. The van der Waals surface area contributed by atoms with E-state index in [0.29, 0.717) is 6.54 Å². The molecule has 15 heavy (non-hydrogen) atoms. The Morgan fingerprint density at radius 1 is 1.60 bits per heavy atom. The molecule has 1 aromatic rings. The molecule has 0 bridgehead atoms. The zero-order chi connectivity index (χ0) is 10.7. The average Bonchev–Trinajstić information content (AvgIpc) is 2.60. The van der Waals surface area contributed by atoms with E-state index in [2.05, 4.69) is 17.3 Å². The number of nitrogens with two attached hydrogens (primary N) is 1. The molecule has 1 saturated heterocycles. The molecule has 0 amide bonds. The van der Waals surface area contributed by atoms with Gasteiger partial charge < -0.3 is 10.5 Å². The molecule has 0 aliphatic carbocycles. The first-order chi connectivity index (χ1) is 7.28. The molecular weight excluding hydrogens is 208 g/mol. The minimum absolute atomic E-state index is 0.182. The van der Waals surface area contributed by atoms with Crippen LogP contribution in [0.15, 0.2) is 5.38 Å². The van der Waals surface area contributed by atoms with Crippen molar-refractivity contribution in [2.24, 2.45) is 11.1 Å². The summed E-state index contributed by atoms with van der Waals surface area (Å²) in [4.78, 5) is 4.62. The molecule has 4 heteroatoms. The van der Waals surface area contributed by atoms with Crippen LogP contribution in [0.25, 0.3) is 0 Å². The summed E-state index contributed by atoms with van der Waals surface area (Å²) in [5.41, 5.74) is 7.19. The lowest BCUT2D eigenvalue weighted by molar-refractivity contribution is -0.106. The minimum Gasteiger partial charge on any atom is -0.380 e. The van der Waals surface area contributed by atoms with Gasteiger partial charge in [0.2, 0.25) is 0 Å². The SMILES string of the molecule is CCCc1csc(CC2(CN)COC2)n1. The van der Waals surface area contributed by atoms with Gasteiger partial charge in [0, 0.05) is 23.8 Å². The van der Waals surface area contributed by atoms with Crippen LogP contribution < -0.4 is 5.73 Å². The van der Waals surface area contributed by atoms with Gasteiger partial charge in [-0.25, -0.2) is 4.98 Å². The topological polar surface area (TPSA) is 48.1 Å². The van der Waals surface area contributed by atoms with Crippen LogP contribution in [0.3, 0.4) is 0 Å². The molecule has 2 rings (SSSR count). The molecular formula is C11H18N2OS. The highest BCUT2D eigenvalue weighted by molar-refractivity contribution is 7.09. The van der Waals surface area contributed by atoms with Gasteiger partial charge in [0.05, 0.1) is 23.9 Å². The van der Waals surface area contributed by atoms with Gasteiger partial charge >= 0.3 is 0 Å². The molecule has 0 unspecified atom stereocenters. The van der Waals surface area contributed by atoms with Gasteiger partial charge in [-0.2, -0.15) is 0 Å². The summed E-state index contributed by atoms with van der Waals surface area (Å²) in [7, 11) is 0. The number of ether oxygens (including phenoxy) is 1. The van der Waals surface area contributed by atoms with E-state index in [9.17, 15) is 0 Å². The molecule has 0 radical (unpaired) electrons. The van der Waals surface area contributed by atoms with E-state index < -0.39 is 0 Å². The first kappa shape index (κ1) is 11.0. The molecule has 1 aromatic heterocycles. The summed E-state index contributed by atoms with van der Waals surface area (Å²) in [5.74, 6) is 0. The summed E-state index contributed by atoms with van der Waals surface area (Å²) in [6, 6.07) is 0. The lowest BCUT2D eigenvalue weighted by atomic mass is 9.83. The van der Waals surface area contributed by atoms with Crippen molar-refractivity contribution in [3.05, 3.63) is 16.1 Å². The fourth-order valence-corrected chi connectivity index (χ4v) is 2.81. The molecule has 0 aromatic carbocycles. The summed E-state index contributed by atoms with van der Waals surface area (Å²) < 4.78 is 5.25. The van der Waals surface area contributed by atoms with Crippen LogP contribution >= 0.6 is 11.3 Å². The Kier molecular flexibility index (Phi) is 3.38. The molecule has 0 saturated carbocycles. The molecule has 84 valence electrons. The normalized spacial score (nSPS) is 18.8.